The van der Waals surface area contributed by atoms with Crippen LogP contribution in [0.1, 0.15) is 13.8 Å². The first-order chi connectivity index (χ1) is 6.57. The van der Waals surface area contributed by atoms with Crippen LogP contribution in [-0.4, -0.2) is 37.5 Å². The Bertz CT molecular complexity index is 238. The molecule has 2 heterocycles. The molecule has 0 N–H and O–H groups in total. The van der Waals surface area contributed by atoms with E-state index < -0.39 is 5.79 Å². The highest BCUT2D eigenvalue weighted by molar-refractivity contribution is 5.00. The normalized spacial score (nSPS) is 45.1. The van der Waals surface area contributed by atoms with Gasteiger partial charge >= 0.3 is 0 Å². The smallest absolute Gasteiger partial charge is 0.190 e. The largest absolute Gasteiger partial charge is 0.375 e. The van der Waals surface area contributed by atoms with Gasteiger partial charge in [0.05, 0.1) is 0 Å². The second-order valence-electron chi connectivity index (χ2n) is 4.01. The van der Waals surface area contributed by atoms with Crippen molar-refractivity contribution in [3.8, 4) is 0 Å². The molecule has 4 atom stereocenters. The Labute approximate surface area is 83.8 Å². The van der Waals surface area contributed by atoms with Gasteiger partial charge < -0.3 is 18.9 Å². The van der Waals surface area contributed by atoms with Crippen LogP contribution in [0.25, 0.3) is 0 Å². The minimum atomic E-state index is -0.585. The monoisotopic (exact) mass is 200 g/mol. The molecule has 0 amide bonds. The lowest BCUT2D eigenvalue weighted by molar-refractivity contribution is -0.210. The molecule has 0 aliphatic carbocycles. The van der Waals surface area contributed by atoms with E-state index in [1.165, 1.54) is 0 Å². The minimum absolute atomic E-state index is 0.126. The van der Waals surface area contributed by atoms with Gasteiger partial charge in [-0.2, -0.15) is 0 Å². The lowest BCUT2D eigenvalue weighted by Crippen LogP contribution is -2.35. The van der Waals surface area contributed by atoms with Gasteiger partial charge in [-0.05, 0) is 13.8 Å². The van der Waals surface area contributed by atoms with E-state index in [1.54, 1.807) is 13.2 Å². The molecule has 0 aromatic heterocycles. The van der Waals surface area contributed by atoms with E-state index in [9.17, 15) is 0 Å². The molecule has 2 fully saturated rings. The van der Waals surface area contributed by atoms with Gasteiger partial charge in [0, 0.05) is 7.11 Å². The topological polar surface area (TPSA) is 36.9 Å². The number of hydrogen-bond acceptors (Lipinski definition) is 4. The standard InChI is InChI=1S/C10H16O4/c1-5-6-7(11-4)8-9(12-6)14-10(2,3)13-8/h5-9H,1H2,2-4H3/t6-,7+,8-,9-/m1/s1. The molecular formula is C10H16O4. The van der Waals surface area contributed by atoms with Crippen LogP contribution in [0.4, 0.5) is 0 Å². The van der Waals surface area contributed by atoms with E-state index in [-0.39, 0.29) is 24.6 Å². The van der Waals surface area contributed by atoms with Crippen molar-refractivity contribution in [1.29, 1.82) is 0 Å². The average Bonchev–Trinajstić information content (AvgIpc) is 2.55. The third-order valence-corrected chi connectivity index (χ3v) is 2.53. The van der Waals surface area contributed by atoms with Crippen LogP contribution >= 0.6 is 0 Å². The van der Waals surface area contributed by atoms with E-state index >= 15 is 0 Å². The molecule has 2 rings (SSSR count). The molecule has 2 aliphatic rings. The zero-order valence-electron chi connectivity index (χ0n) is 8.73. The molecule has 0 unspecified atom stereocenters. The van der Waals surface area contributed by atoms with Gasteiger partial charge in [0.2, 0.25) is 0 Å². The number of hydrogen-bond donors (Lipinski definition) is 0. The third kappa shape index (κ3) is 1.48. The second kappa shape index (κ2) is 3.31. The van der Waals surface area contributed by atoms with Gasteiger partial charge in [-0.1, -0.05) is 6.08 Å². The molecule has 2 aliphatic heterocycles. The summed E-state index contributed by atoms with van der Waals surface area (Å²) in [5.41, 5.74) is 0. The number of methoxy groups -OCH3 is 1. The van der Waals surface area contributed by atoms with E-state index in [2.05, 4.69) is 6.58 Å². The fourth-order valence-electron chi connectivity index (χ4n) is 1.96. The van der Waals surface area contributed by atoms with Gasteiger partial charge in [0.25, 0.3) is 0 Å². The maximum atomic E-state index is 5.69. The van der Waals surface area contributed by atoms with Crippen LogP contribution in [0, 0.1) is 0 Å². The first-order valence-corrected chi connectivity index (χ1v) is 4.74. The summed E-state index contributed by atoms with van der Waals surface area (Å²) >= 11 is 0. The molecule has 2 saturated heterocycles. The summed E-state index contributed by atoms with van der Waals surface area (Å²) in [4.78, 5) is 0. The molecule has 4 heteroatoms. The average molecular weight is 200 g/mol. The van der Waals surface area contributed by atoms with Crippen LogP contribution in [0.15, 0.2) is 12.7 Å². The SMILES string of the molecule is C=C[C@H]1O[C@@H]2OC(C)(C)O[C@@H]2[C@H]1OC. The van der Waals surface area contributed by atoms with Gasteiger partial charge in [-0.15, -0.1) is 6.58 Å². The molecule has 80 valence electrons. The highest BCUT2D eigenvalue weighted by Crippen LogP contribution is 2.38. The Morgan fingerprint density at radius 2 is 2.07 bits per heavy atom. The van der Waals surface area contributed by atoms with Crippen molar-refractivity contribution < 1.29 is 18.9 Å². The predicted octanol–water partition coefficient (Wildman–Crippen LogP) is 1.06. The molecule has 0 aromatic carbocycles. The quantitative estimate of drug-likeness (QED) is 0.625. The van der Waals surface area contributed by atoms with Crippen LogP contribution in [0.3, 0.4) is 0 Å². The van der Waals surface area contributed by atoms with E-state index in [1.807, 2.05) is 13.8 Å². The molecule has 0 bridgehead atoms. The van der Waals surface area contributed by atoms with Crippen LogP contribution < -0.4 is 0 Å². The zero-order valence-corrected chi connectivity index (χ0v) is 8.73. The van der Waals surface area contributed by atoms with Crippen LogP contribution in [-0.2, 0) is 18.9 Å². The fraction of sp³-hybridized carbons (Fsp3) is 0.800. The zero-order chi connectivity index (χ0) is 10.3. The van der Waals surface area contributed by atoms with Crippen molar-refractivity contribution in [3.63, 3.8) is 0 Å². The Morgan fingerprint density at radius 3 is 2.64 bits per heavy atom. The number of fused-ring (bicyclic) bond motifs is 1. The Hall–Kier alpha value is -0.420. The van der Waals surface area contributed by atoms with Gasteiger partial charge in [-0.25, -0.2) is 0 Å². The molecule has 0 radical (unpaired) electrons. The van der Waals surface area contributed by atoms with Crippen molar-refractivity contribution in [2.75, 3.05) is 7.11 Å². The van der Waals surface area contributed by atoms with Gasteiger partial charge in [-0.3, -0.25) is 0 Å². The molecular weight excluding hydrogens is 184 g/mol. The van der Waals surface area contributed by atoms with Crippen LogP contribution in [0.5, 0.6) is 0 Å². The third-order valence-electron chi connectivity index (χ3n) is 2.53. The summed E-state index contributed by atoms with van der Waals surface area (Å²) in [7, 11) is 1.64. The van der Waals surface area contributed by atoms with Crippen molar-refractivity contribution >= 4 is 0 Å². The Morgan fingerprint density at radius 1 is 1.36 bits per heavy atom. The second-order valence-corrected chi connectivity index (χ2v) is 4.01. The first kappa shape index (κ1) is 10.1. The number of rotatable bonds is 2. The summed E-state index contributed by atoms with van der Waals surface area (Å²) in [6, 6.07) is 0. The highest BCUT2D eigenvalue weighted by atomic mass is 16.8. The van der Waals surface area contributed by atoms with Crippen molar-refractivity contribution in [3.05, 3.63) is 12.7 Å². The lowest BCUT2D eigenvalue weighted by atomic mass is 10.1. The van der Waals surface area contributed by atoms with Crippen molar-refractivity contribution in [2.24, 2.45) is 0 Å². The predicted molar refractivity (Wildman–Crippen MR) is 49.7 cm³/mol. The number of ether oxygens (including phenoxy) is 4. The highest BCUT2D eigenvalue weighted by Gasteiger charge is 2.54. The summed E-state index contributed by atoms with van der Waals surface area (Å²) in [6.07, 6.45) is 0.952. The van der Waals surface area contributed by atoms with E-state index in [0.717, 1.165) is 0 Å². The molecule has 0 saturated carbocycles. The molecule has 14 heavy (non-hydrogen) atoms. The lowest BCUT2D eigenvalue weighted by Gasteiger charge is -2.23. The Balaban J connectivity index is 2.13. The molecule has 4 nitrogen and oxygen atoms in total. The first-order valence-electron chi connectivity index (χ1n) is 4.74. The van der Waals surface area contributed by atoms with E-state index in [4.69, 9.17) is 18.9 Å². The summed E-state index contributed by atoms with van der Waals surface area (Å²) in [6.45, 7) is 7.42. The maximum absolute atomic E-state index is 5.69. The molecule has 0 aromatic rings. The van der Waals surface area contributed by atoms with Gasteiger partial charge in [0.1, 0.15) is 18.3 Å². The van der Waals surface area contributed by atoms with E-state index in [0.29, 0.717) is 0 Å². The van der Waals surface area contributed by atoms with Crippen molar-refractivity contribution in [2.45, 2.75) is 44.2 Å². The minimum Gasteiger partial charge on any atom is -0.375 e. The summed E-state index contributed by atoms with van der Waals surface area (Å²) in [5, 5.41) is 0. The van der Waals surface area contributed by atoms with Gasteiger partial charge in [0.15, 0.2) is 12.1 Å². The van der Waals surface area contributed by atoms with Crippen LogP contribution in [0.2, 0.25) is 0 Å². The summed E-state index contributed by atoms with van der Waals surface area (Å²) in [5.74, 6) is -0.585. The fourth-order valence-corrected chi connectivity index (χ4v) is 1.96. The summed E-state index contributed by atoms with van der Waals surface area (Å²) < 4.78 is 22.2. The Kier molecular flexibility index (Phi) is 2.39. The maximum Gasteiger partial charge on any atom is 0.190 e. The molecule has 0 spiro atoms. The van der Waals surface area contributed by atoms with Crippen molar-refractivity contribution in [1.82, 2.24) is 0 Å².